The molecule has 178 valence electrons. The van der Waals surface area contributed by atoms with Crippen LogP contribution in [-0.4, -0.2) is 28.2 Å². The topological polar surface area (TPSA) is 89.4 Å². The van der Waals surface area contributed by atoms with Gasteiger partial charge in [-0.2, -0.15) is 0 Å². The molecule has 7 nitrogen and oxygen atoms in total. The van der Waals surface area contributed by atoms with Crippen molar-refractivity contribution in [1.29, 1.82) is 0 Å². The van der Waals surface area contributed by atoms with Crippen LogP contribution in [0.3, 0.4) is 0 Å². The molecule has 1 aromatic heterocycles. The summed E-state index contributed by atoms with van der Waals surface area (Å²) in [5.74, 6) is -0.155. The van der Waals surface area contributed by atoms with E-state index in [1.54, 1.807) is 38.5 Å². The van der Waals surface area contributed by atoms with Crippen molar-refractivity contribution in [2.24, 2.45) is 13.0 Å². The molecule has 0 saturated heterocycles. The minimum absolute atomic E-state index is 0.0497. The van der Waals surface area contributed by atoms with E-state index in [1.807, 2.05) is 37.3 Å². The van der Waals surface area contributed by atoms with E-state index in [1.165, 1.54) is 0 Å². The van der Waals surface area contributed by atoms with Crippen molar-refractivity contribution in [1.82, 2.24) is 9.88 Å². The Hall–Kier alpha value is -3.09. The quantitative estimate of drug-likeness (QED) is 0.682. The Bertz CT molecular complexity index is 1040. The number of nitrogens with one attached hydrogen (secondary N) is 2. The zero-order chi connectivity index (χ0) is 24.2. The summed E-state index contributed by atoms with van der Waals surface area (Å²) in [6, 6.07) is 10.2. The molecule has 2 N–H and O–H groups in total. The van der Waals surface area contributed by atoms with Gasteiger partial charge in [0, 0.05) is 30.1 Å². The van der Waals surface area contributed by atoms with E-state index >= 15 is 0 Å². The number of amides is 2. The third kappa shape index (κ3) is 6.46. The summed E-state index contributed by atoms with van der Waals surface area (Å²) in [5, 5.41) is 5.77. The van der Waals surface area contributed by atoms with Gasteiger partial charge in [-0.05, 0) is 70.2 Å². The van der Waals surface area contributed by atoms with Crippen molar-refractivity contribution in [3.8, 4) is 11.1 Å². The predicted molar refractivity (Wildman–Crippen MR) is 130 cm³/mol. The fourth-order valence-electron chi connectivity index (χ4n) is 4.29. The molecule has 0 spiro atoms. The van der Waals surface area contributed by atoms with Crippen LogP contribution in [0.4, 0.5) is 10.5 Å². The Kier molecular flexibility index (Phi) is 7.61. The number of pyridine rings is 1. The molecule has 0 aliphatic heterocycles. The SMILES string of the molecule is Cc1c(-c2ccc(NC(=O)[C@@H](NC(=O)OC(C)(C)C)C3CCCCC3)cc2)ccc(=O)n1C. The molecule has 3 rings (SSSR count). The first-order valence-corrected chi connectivity index (χ1v) is 11.6. The number of hydrogen-bond donors (Lipinski definition) is 2. The highest BCUT2D eigenvalue weighted by atomic mass is 16.6. The van der Waals surface area contributed by atoms with Gasteiger partial charge in [-0.1, -0.05) is 31.4 Å². The van der Waals surface area contributed by atoms with E-state index in [-0.39, 0.29) is 17.4 Å². The van der Waals surface area contributed by atoms with Gasteiger partial charge in [-0.25, -0.2) is 4.79 Å². The number of alkyl carbamates (subject to hydrolysis) is 1. The van der Waals surface area contributed by atoms with E-state index in [2.05, 4.69) is 10.6 Å². The lowest BCUT2D eigenvalue weighted by molar-refractivity contribution is -0.119. The molecule has 1 aliphatic rings. The number of carbonyl (C=O) groups excluding carboxylic acids is 2. The molecule has 0 bridgehead atoms. The Morgan fingerprint density at radius 1 is 1.03 bits per heavy atom. The molecular formula is C26H35N3O4. The molecule has 33 heavy (non-hydrogen) atoms. The number of aromatic nitrogens is 1. The highest BCUT2D eigenvalue weighted by Gasteiger charge is 2.32. The normalized spacial score (nSPS) is 15.5. The number of ether oxygens (including phenoxy) is 1. The first-order valence-electron chi connectivity index (χ1n) is 11.6. The molecule has 7 heteroatoms. The first-order chi connectivity index (χ1) is 15.5. The molecule has 2 aromatic rings. The van der Waals surface area contributed by atoms with Crippen molar-refractivity contribution in [2.45, 2.75) is 71.4 Å². The largest absolute Gasteiger partial charge is 0.444 e. The maximum Gasteiger partial charge on any atom is 0.408 e. The Morgan fingerprint density at radius 3 is 2.27 bits per heavy atom. The molecule has 0 unspecified atom stereocenters. The molecule has 1 fully saturated rings. The molecule has 2 amide bonds. The third-order valence-electron chi connectivity index (χ3n) is 6.16. The summed E-state index contributed by atoms with van der Waals surface area (Å²) in [6.45, 7) is 7.31. The van der Waals surface area contributed by atoms with Gasteiger partial charge in [0.2, 0.25) is 11.5 Å². The van der Waals surface area contributed by atoms with E-state index < -0.39 is 17.7 Å². The Balaban J connectivity index is 1.75. The lowest BCUT2D eigenvalue weighted by Gasteiger charge is -2.31. The van der Waals surface area contributed by atoms with E-state index in [4.69, 9.17) is 4.74 Å². The van der Waals surface area contributed by atoms with Crippen molar-refractivity contribution < 1.29 is 14.3 Å². The number of nitrogens with zero attached hydrogens (tertiary/aromatic N) is 1. The summed E-state index contributed by atoms with van der Waals surface area (Å²) >= 11 is 0. The minimum atomic E-state index is -0.647. The number of hydrogen-bond acceptors (Lipinski definition) is 4. The van der Waals surface area contributed by atoms with Gasteiger partial charge in [0.15, 0.2) is 0 Å². The van der Waals surface area contributed by atoms with Crippen molar-refractivity contribution in [3.05, 3.63) is 52.4 Å². The second-order valence-corrected chi connectivity index (χ2v) is 9.82. The highest BCUT2D eigenvalue weighted by molar-refractivity contribution is 5.97. The lowest BCUT2D eigenvalue weighted by atomic mass is 9.83. The molecule has 0 radical (unpaired) electrons. The number of anilines is 1. The molecular weight excluding hydrogens is 418 g/mol. The number of rotatable bonds is 5. The van der Waals surface area contributed by atoms with Crippen LogP contribution in [-0.2, 0) is 16.6 Å². The maximum absolute atomic E-state index is 13.2. The van der Waals surface area contributed by atoms with Gasteiger partial charge in [0.1, 0.15) is 11.6 Å². The zero-order valence-corrected chi connectivity index (χ0v) is 20.2. The van der Waals surface area contributed by atoms with Gasteiger partial charge in [0.25, 0.3) is 0 Å². The van der Waals surface area contributed by atoms with E-state index in [9.17, 15) is 14.4 Å². The van der Waals surface area contributed by atoms with Gasteiger partial charge in [0.05, 0.1) is 0 Å². The van der Waals surface area contributed by atoms with Crippen LogP contribution in [0.1, 0.15) is 58.6 Å². The summed E-state index contributed by atoms with van der Waals surface area (Å²) < 4.78 is 7.01. The van der Waals surface area contributed by atoms with Crippen LogP contribution in [0.15, 0.2) is 41.2 Å². The van der Waals surface area contributed by atoms with E-state index in [0.29, 0.717) is 5.69 Å². The fourth-order valence-corrected chi connectivity index (χ4v) is 4.29. The monoisotopic (exact) mass is 453 g/mol. The second-order valence-electron chi connectivity index (χ2n) is 9.82. The van der Waals surface area contributed by atoms with Gasteiger partial charge in [-0.15, -0.1) is 0 Å². The molecule has 1 saturated carbocycles. The zero-order valence-electron chi connectivity index (χ0n) is 20.2. The van der Waals surface area contributed by atoms with Crippen molar-refractivity contribution in [2.75, 3.05) is 5.32 Å². The van der Waals surface area contributed by atoms with Crippen molar-refractivity contribution >= 4 is 17.7 Å². The molecule has 1 aromatic carbocycles. The summed E-state index contributed by atoms with van der Waals surface area (Å²) in [6.07, 6.45) is 4.49. The Labute approximate surface area is 195 Å². The standard InChI is InChI=1S/C26H35N3O4/c1-17-21(15-16-22(30)29(17)5)18-11-13-20(14-12-18)27-24(31)23(19-9-7-6-8-10-19)28-25(32)33-26(2,3)4/h11-16,19,23H,6-10H2,1-5H3,(H,27,31)(H,28,32)/t23-/m0/s1. The van der Waals surface area contributed by atoms with Crippen LogP contribution < -0.4 is 16.2 Å². The number of benzene rings is 1. The van der Waals surface area contributed by atoms with Gasteiger partial charge < -0.3 is 19.9 Å². The van der Waals surface area contributed by atoms with E-state index in [0.717, 1.165) is 48.9 Å². The predicted octanol–water partition coefficient (Wildman–Crippen LogP) is 4.77. The van der Waals surface area contributed by atoms with Crippen LogP contribution in [0.2, 0.25) is 0 Å². The van der Waals surface area contributed by atoms with Gasteiger partial charge in [-0.3, -0.25) is 9.59 Å². The van der Waals surface area contributed by atoms with Crippen LogP contribution in [0.5, 0.6) is 0 Å². The fraction of sp³-hybridized carbons (Fsp3) is 0.500. The van der Waals surface area contributed by atoms with Crippen molar-refractivity contribution in [3.63, 3.8) is 0 Å². The van der Waals surface area contributed by atoms with Crippen LogP contribution in [0, 0.1) is 12.8 Å². The highest BCUT2D eigenvalue weighted by Crippen LogP contribution is 2.28. The second kappa shape index (κ2) is 10.2. The van der Waals surface area contributed by atoms with Crippen LogP contribution >= 0.6 is 0 Å². The minimum Gasteiger partial charge on any atom is -0.444 e. The smallest absolute Gasteiger partial charge is 0.408 e. The summed E-state index contributed by atoms with van der Waals surface area (Å²) in [4.78, 5) is 37.4. The average Bonchev–Trinajstić information content (AvgIpc) is 2.76. The average molecular weight is 454 g/mol. The summed E-state index contributed by atoms with van der Waals surface area (Å²) in [5.41, 5.74) is 2.76. The maximum atomic E-state index is 13.2. The molecule has 1 heterocycles. The van der Waals surface area contributed by atoms with Gasteiger partial charge >= 0.3 is 6.09 Å². The molecule has 1 atom stereocenters. The molecule has 1 aliphatic carbocycles. The third-order valence-corrected chi connectivity index (χ3v) is 6.16. The Morgan fingerprint density at radius 2 is 1.67 bits per heavy atom. The summed E-state index contributed by atoms with van der Waals surface area (Å²) in [7, 11) is 1.75. The first kappa shape index (κ1) is 24.6. The number of carbonyl (C=O) groups is 2. The lowest BCUT2D eigenvalue weighted by Crippen LogP contribution is -2.50. The van der Waals surface area contributed by atoms with Crippen LogP contribution in [0.25, 0.3) is 11.1 Å².